The minimum absolute atomic E-state index is 0.234. The fourth-order valence-electron chi connectivity index (χ4n) is 2.24. The molecule has 0 saturated heterocycles. The molecule has 0 heterocycles. The molecule has 16 nitrogen and oxygen atoms in total. The lowest BCUT2D eigenvalue weighted by molar-refractivity contribution is -0.240. The lowest BCUT2D eigenvalue weighted by atomic mass is 9.95. The van der Waals surface area contributed by atoms with E-state index in [1.54, 1.807) is 0 Å². The molecule has 0 aliphatic heterocycles. The highest BCUT2D eigenvalue weighted by Gasteiger charge is 2.31. The van der Waals surface area contributed by atoms with Gasteiger partial charge in [-0.25, -0.2) is 0 Å². The maximum Gasteiger partial charge on any atom is 0.265 e. The van der Waals surface area contributed by atoms with Crippen molar-refractivity contribution in [1.82, 2.24) is 0 Å². The summed E-state index contributed by atoms with van der Waals surface area (Å²) >= 11 is 0. The number of hydrogen-bond donors (Lipinski definition) is 4. The maximum absolute atomic E-state index is 10.5. The van der Waals surface area contributed by atoms with Crippen LogP contribution in [0.5, 0.6) is 0 Å². The van der Waals surface area contributed by atoms with Crippen LogP contribution in [0.15, 0.2) is 0 Å². The van der Waals surface area contributed by atoms with Crippen LogP contribution in [-0.2, 0) is 36.4 Å². The summed E-state index contributed by atoms with van der Waals surface area (Å²) in [5.74, 6) is 0. The van der Waals surface area contributed by atoms with Gasteiger partial charge in [0, 0.05) is 0 Å². The van der Waals surface area contributed by atoms with Crippen LogP contribution in [0.4, 0.5) is 0 Å². The summed E-state index contributed by atoms with van der Waals surface area (Å²) in [7, 11) is -19.8. The van der Waals surface area contributed by atoms with Crippen LogP contribution in [0.2, 0.25) is 0 Å². The third-order valence-electron chi connectivity index (χ3n) is 3.44. The van der Waals surface area contributed by atoms with Crippen LogP contribution in [-0.4, -0.2) is 44.0 Å². The first-order valence-corrected chi connectivity index (χ1v) is 14.1. The molecule has 6 unspecified atom stereocenters. The van der Waals surface area contributed by atoms with Crippen molar-refractivity contribution in [3.05, 3.63) is 0 Å². The van der Waals surface area contributed by atoms with Crippen molar-refractivity contribution >= 4 is 31.3 Å². The number of rotatable bonds is 9. The lowest BCUT2D eigenvalue weighted by Crippen LogP contribution is -2.35. The third kappa shape index (κ3) is 17.0. The largest absolute Gasteiger partial charge is 0.756 e. The fraction of sp³-hybridized carbons (Fsp3) is 1.00. The van der Waals surface area contributed by atoms with Crippen molar-refractivity contribution in [2.24, 2.45) is 0 Å². The van der Waals surface area contributed by atoms with E-state index in [-0.39, 0.29) is 12.8 Å². The zero-order valence-electron chi connectivity index (χ0n) is 15.6. The molecule has 182 valence electrons. The summed E-state index contributed by atoms with van der Waals surface area (Å²) in [4.78, 5) is 74.9. The molecule has 0 aromatic heterocycles. The Morgan fingerprint density at radius 1 is 0.667 bits per heavy atom. The van der Waals surface area contributed by atoms with Gasteiger partial charge in [-0.1, -0.05) is 12.8 Å². The lowest BCUT2D eigenvalue weighted by Gasteiger charge is -2.35. The van der Waals surface area contributed by atoms with E-state index in [0.29, 0.717) is 12.8 Å². The maximum atomic E-state index is 10.5. The van der Waals surface area contributed by atoms with Crippen molar-refractivity contribution in [3.63, 3.8) is 0 Å². The van der Waals surface area contributed by atoms with Gasteiger partial charge in [0.05, 0.1) is 24.4 Å². The van der Waals surface area contributed by atoms with Crippen molar-refractivity contribution < 1.29 is 75.5 Å². The summed E-state index contributed by atoms with van der Waals surface area (Å²) in [6.45, 7) is 2.31. The molecule has 30 heavy (non-hydrogen) atoms. The van der Waals surface area contributed by atoms with E-state index in [1.807, 2.05) is 0 Å². The average molecular weight is 522 g/mol. The average Bonchev–Trinajstić information content (AvgIpc) is 2.43. The standard InChI is InChI=1S/C6H14O8P2.C4H12O8P2/c7-15(8,9)13-5-3-1-2-4-6(5)14-16(10,11)12;1-3(11-13(5,6)7)4(2)12-14(8,9)10/h5-6H,1-4H2,(H2,7,8,9)(H2,10,11,12);3-4H,1-2H3,(H2,5,6,7)(H2,8,9,10)/p-4/t;3-,4+. The van der Waals surface area contributed by atoms with E-state index in [9.17, 15) is 37.8 Å². The minimum Gasteiger partial charge on any atom is -0.756 e. The smallest absolute Gasteiger partial charge is 0.265 e. The van der Waals surface area contributed by atoms with Crippen molar-refractivity contribution in [2.45, 2.75) is 63.9 Å². The Labute approximate surface area is 171 Å². The molecule has 8 atom stereocenters. The van der Waals surface area contributed by atoms with Gasteiger partial charge in [-0.2, -0.15) is 0 Å². The second-order valence-electron chi connectivity index (χ2n) is 6.07. The Bertz CT molecular complexity index is 643. The van der Waals surface area contributed by atoms with Crippen molar-refractivity contribution in [3.8, 4) is 0 Å². The Hall–Kier alpha value is 0.440. The molecule has 0 spiro atoms. The van der Waals surface area contributed by atoms with Gasteiger partial charge >= 0.3 is 0 Å². The van der Waals surface area contributed by atoms with Gasteiger partial charge in [-0.3, -0.25) is 18.3 Å². The molecular formula is C10H22O16P4-4. The van der Waals surface area contributed by atoms with Gasteiger partial charge < -0.3 is 57.2 Å². The van der Waals surface area contributed by atoms with Gasteiger partial charge in [0.1, 0.15) is 0 Å². The van der Waals surface area contributed by atoms with E-state index in [0.717, 1.165) is 13.8 Å². The monoisotopic (exact) mass is 522 g/mol. The van der Waals surface area contributed by atoms with Crippen LogP contribution >= 0.6 is 31.3 Å². The van der Waals surface area contributed by atoms with Gasteiger partial charge in [-0.05, 0) is 26.7 Å². The molecule has 1 fully saturated rings. The molecule has 1 rings (SSSR count). The summed E-state index contributed by atoms with van der Waals surface area (Å²) < 4.78 is 58.0. The fourth-order valence-corrected chi connectivity index (χ4v) is 4.59. The molecular weight excluding hydrogens is 500 g/mol. The van der Waals surface area contributed by atoms with Gasteiger partial charge in [0.25, 0.3) is 31.3 Å². The number of hydrogen-bond acceptors (Lipinski definition) is 12. The van der Waals surface area contributed by atoms with E-state index in [2.05, 4.69) is 18.1 Å². The topological polar surface area (TPSA) is 278 Å². The highest BCUT2D eigenvalue weighted by atomic mass is 31.2. The van der Waals surface area contributed by atoms with Crippen LogP contribution in [0, 0.1) is 0 Å². The summed E-state index contributed by atoms with van der Waals surface area (Å²) in [6, 6.07) is 0. The van der Waals surface area contributed by atoms with Gasteiger partial charge in [0.15, 0.2) is 0 Å². The molecule has 0 radical (unpaired) electrons. The Morgan fingerprint density at radius 2 is 0.933 bits per heavy atom. The van der Waals surface area contributed by atoms with Gasteiger partial charge in [-0.15, -0.1) is 0 Å². The number of phosphoric acid groups is 4. The summed E-state index contributed by atoms with van der Waals surface area (Å²) in [5.41, 5.74) is 0. The van der Waals surface area contributed by atoms with E-state index in [1.165, 1.54) is 0 Å². The van der Waals surface area contributed by atoms with Crippen LogP contribution in [0.1, 0.15) is 39.5 Å². The molecule has 0 bridgehead atoms. The van der Waals surface area contributed by atoms with E-state index >= 15 is 0 Å². The highest BCUT2D eigenvalue weighted by molar-refractivity contribution is 7.45. The molecule has 4 N–H and O–H groups in total. The van der Waals surface area contributed by atoms with Crippen LogP contribution in [0.25, 0.3) is 0 Å². The quantitative estimate of drug-likeness (QED) is 0.238. The highest BCUT2D eigenvalue weighted by Crippen LogP contribution is 2.43. The normalized spacial score (nSPS) is 29.7. The SMILES string of the molecule is C[C@H](OP(=O)([O-])O)[C@@H](C)OP(=O)([O-])O.O=P([O-])(O)OC1CCCCC1OP(=O)([O-])O. The first kappa shape index (κ1) is 30.4. The van der Waals surface area contributed by atoms with Crippen LogP contribution < -0.4 is 19.6 Å². The first-order valence-electron chi connectivity index (χ1n) is 8.07. The predicted molar refractivity (Wildman–Crippen MR) is 88.6 cm³/mol. The number of phosphoric ester groups is 4. The second kappa shape index (κ2) is 12.1. The molecule has 1 saturated carbocycles. The van der Waals surface area contributed by atoms with E-state index < -0.39 is 55.7 Å². The third-order valence-corrected chi connectivity index (χ3v) is 5.71. The van der Waals surface area contributed by atoms with Gasteiger partial charge in [0.2, 0.25) is 0 Å². The van der Waals surface area contributed by atoms with E-state index in [4.69, 9.17) is 19.6 Å². The zero-order valence-corrected chi connectivity index (χ0v) is 19.2. The van der Waals surface area contributed by atoms with Crippen molar-refractivity contribution in [1.29, 1.82) is 0 Å². The first-order chi connectivity index (χ1) is 13.2. The molecule has 1 aliphatic carbocycles. The van der Waals surface area contributed by atoms with Crippen molar-refractivity contribution in [2.75, 3.05) is 0 Å². The molecule has 20 heteroatoms. The molecule has 1 aliphatic rings. The zero-order chi connectivity index (χ0) is 24.0. The Kier molecular flexibility index (Phi) is 12.2. The minimum atomic E-state index is -4.94. The molecule has 0 aromatic rings. The predicted octanol–water partition coefficient (Wildman–Crippen LogP) is -2.03. The summed E-state index contributed by atoms with van der Waals surface area (Å²) in [6.07, 6.45) is -2.93. The Morgan fingerprint density at radius 3 is 1.13 bits per heavy atom. The summed E-state index contributed by atoms with van der Waals surface area (Å²) in [5, 5.41) is 0. The van der Waals surface area contributed by atoms with Crippen LogP contribution in [0.3, 0.4) is 0 Å². The Balaban J connectivity index is 0.000000567. The molecule has 0 aromatic carbocycles. The molecule has 0 amide bonds. The second-order valence-corrected chi connectivity index (χ2v) is 10.7.